The predicted molar refractivity (Wildman–Crippen MR) is 69.7 cm³/mol. The van der Waals surface area contributed by atoms with Crippen molar-refractivity contribution in [3.8, 4) is 0 Å². The quantitative estimate of drug-likeness (QED) is 0.807. The second kappa shape index (κ2) is 4.21. The average molecular weight is 217 g/mol. The van der Waals surface area contributed by atoms with Crippen molar-refractivity contribution >= 4 is 0 Å². The van der Waals surface area contributed by atoms with Crippen LogP contribution in [0.15, 0.2) is 24.3 Å². The lowest BCUT2D eigenvalue weighted by Gasteiger charge is -2.24. The number of hydrogen-bond acceptors (Lipinski definition) is 1. The van der Waals surface area contributed by atoms with E-state index in [4.69, 9.17) is 0 Å². The largest absolute Gasteiger partial charge is 0.313 e. The van der Waals surface area contributed by atoms with Gasteiger partial charge < -0.3 is 5.32 Å². The van der Waals surface area contributed by atoms with Crippen molar-refractivity contribution in [2.24, 2.45) is 5.41 Å². The molecule has 1 heteroatoms. The Morgan fingerprint density at radius 1 is 1.06 bits per heavy atom. The van der Waals surface area contributed by atoms with Crippen LogP contribution in [-0.2, 0) is 0 Å². The second-order valence-corrected chi connectivity index (χ2v) is 5.70. The number of nitrogens with one attached hydrogen (secondary N) is 1. The summed E-state index contributed by atoms with van der Waals surface area (Å²) in [5.74, 6) is 0.624. The van der Waals surface area contributed by atoms with Gasteiger partial charge in [-0.1, -0.05) is 45.0 Å². The molecule has 0 spiro atoms. The minimum absolute atomic E-state index is 0.494. The van der Waals surface area contributed by atoms with Gasteiger partial charge in [0.25, 0.3) is 0 Å². The van der Waals surface area contributed by atoms with Gasteiger partial charge in [-0.05, 0) is 42.3 Å². The Balaban J connectivity index is 2.20. The van der Waals surface area contributed by atoms with Gasteiger partial charge in [0.2, 0.25) is 0 Å². The Bertz CT molecular complexity index is 346. The van der Waals surface area contributed by atoms with Crippen molar-refractivity contribution < 1.29 is 0 Å². The highest BCUT2D eigenvalue weighted by Crippen LogP contribution is 2.54. The third kappa shape index (κ3) is 2.15. The maximum absolute atomic E-state index is 3.47. The van der Waals surface area contributed by atoms with Crippen molar-refractivity contribution in [2.75, 3.05) is 7.05 Å². The van der Waals surface area contributed by atoms with Crippen molar-refractivity contribution in [3.63, 3.8) is 0 Å². The van der Waals surface area contributed by atoms with E-state index in [-0.39, 0.29) is 0 Å². The lowest BCUT2D eigenvalue weighted by molar-refractivity contribution is 0.390. The molecule has 1 fully saturated rings. The molecule has 2 rings (SSSR count). The standard InChI is InChI=1S/C15H23N/c1-11(2)12-5-7-13(8-6-12)14(16-4)15(3)9-10-15/h5-8,11,14,16H,9-10H2,1-4H3. The van der Waals surface area contributed by atoms with Gasteiger partial charge in [-0.2, -0.15) is 0 Å². The van der Waals surface area contributed by atoms with E-state index >= 15 is 0 Å². The van der Waals surface area contributed by atoms with Crippen molar-refractivity contribution in [1.82, 2.24) is 5.32 Å². The number of rotatable bonds is 4. The SMILES string of the molecule is CNC(c1ccc(C(C)C)cc1)C1(C)CC1. The molecule has 0 saturated heterocycles. The Labute approximate surface area is 99.3 Å². The molecule has 1 nitrogen and oxygen atoms in total. The maximum atomic E-state index is 3.47. The van der Waals surface area contributed by atoms with Crippen molar-refractivity contribution in [1.29, 1.82) is 0 Å². The highest BCUT2D eigenvalue weighted by molar-refractivity contribution is 5.29. The fourth-order valence-electron chi connectivity index (χ4n) is 2.48. The van der Waals surface area contributed by atoms with Gasteiger partial charge in [0.05, 0.1) is 0 Å². The van der Waals surface area contributed by atoms with Crippen LogP contribution in [-0.4, -0.2) is 7.05 Å². The van der Waals surface area contributed by atoms with E-state index in [0.29, 0.717) is 17.4 Å². The highest BCUT2D eigenvalue weighted by atomic mass is 14.9. The third-order valence-corrected chi connectivity index (χ3v) is 3.96. The molecule has 88 valence electrons. The van der Waals surface area contributed by atoms with Crippen LogP contribution in [0.4, 0.5) is 0 Å². The van der Waals surface area contributed by atoms with E-state index in [1.165, 1.54) is 24.0 Å². The molecule has 0 radical (unpaired) electrons. The molecule has 0 aromatic heterocycles. The molecule has 1 N–H and O–H groups in total. The van der Waals surface area contributed by atoms with E-state index in [9.17, 15) is 0 Å². The average Bonchev–Trinajstić information content (AvgIpc) is 2.99. The third-order valence-electron chi connectivity index (χ3n) is 3.96. The molecule has 1 aliphatic rings. The first-order valence-electron chi connectivity index (χ1n) is 6.34. The fraction of sp³-hybridized carbons (Fsp3) is 0.600. The van der Waals surface area contributed by atoms with Crippen molar-refractivity contribution in [2.45, 2.75) is 45.6 Å². The van der Waals surface area contributed by atoms with Crippen LogP contribution in [0, 0.1) is 5.41 Å². The van der Waals surface area contributed by atoms with E-state index in [0.717, 1.165) is 0 Å². The van der Waals surface area contributed by atoms with Gasteiger partial charge in [-0.3, -0.25) is 0 Å². The molecule has 0 heterocycles. The van der Waals surface area contributed by atoms with Crippen LogP contribution in [0.1, 0.15) is 56.7 Å². The topological polar surface area (TPSA) is 12.0 Å². The van der Waals surface area contributed by atoms with Gasteiger partial charge in [0.15, 0.2) is 0 Å². The maximum Gasteiger partial charge on any atom is 0.0372 e. The zero-order valence-electron chi connectivity index (χ0n) is 10.9. The zero-order chi connectivity index (χ0) is 11.8. The van der Waals surface area contributed by atoms with Gasteiger partial charge in [-0.15, -0.1) is 0 Å². The summed E-state index contributed by atoms with van der Waals surface area (Å²) in [5, 5.41) is 3.47. The molecule has 1 aliphatic carbocycles. The summed E-state index contributed by atoms with van der Waals surface area (Å²) in [6.07, 6.45) is 2.70. The minimum atomic E-state index is 0.494. The van der Waals surface area contributed by atoms with E-state index in [1.807, 2.05) is 0 Å². The van der Waals surface area contributed by atoms with Gasteiger partial charge in [0, 0.05) is 6.04 Å². The number of benzene rings is 1. The van der Waals surface area contributed by atoms with Crippen LogP contribution >= 0.6 is 0 Å². The molecule has 0 bridgehead atoms. The summed E-state index contributed by atoms with van der Waals surface area (Å²) in [4.78, 5) is 0. The van der Waals surface area contributed by atoms with Crippen LogP contribution in [0.25, 0.3) is 0 Å². The zero-order valence-corrected chi connectivity index (χ0v) is 10.9. The monoisotopic (exact) mass is 217 g/mol. The Hall–Kier alpha value is -0.820. The van der Waals surface area contributed by atoms with Crippen molar-refractivity contribution in [3.05, 3.63) is 35.4 Å². The number of hydrogen-bond donors (Lipinski definition) is 1. The molecule has 1 aromatic carbocycles. The minimum Gasteiger partial charge on any atom is -0.313 e. The molecular formula is C15H23N. The van der Waals surface area contributed by atoms with E-state index in [1.54, 1.807) is 0 Å². The molecule has 0 aliphatic heterocycles. The van der Waals surface area contributed by atoms with Gasteiger partial charge in [-0.25, -0.2) is 0 Å². The van der Waals surface area contributed by atoms with Crippen LogP contribution in [0.5, 0.6) is 0 Å². The summed E-state index contributed by atoms with van der Waals surface area (Å²) in [5.41, 5.74) is 3.36. The molecule has 1 saturated carbocycles. The first kappa shape index (κ1) is 11.7. The van der Waals surface area contributed by atoms with Crippen LogP contribution in [0.2, 0.25) is 0 Å². The Morgan fingerprint density at radius 2 is 1.56 bits per heavy atom. The summed E-state index contributed by atoms with van der Waals surface area (Å²) >= 11 is 0. The smallest absolute Gasteiger partial charge is 0.0372 e. The molecule has 1 atom stereocenters. The summed E-state index contributed by atoms with van der Waals surface area (Å²) < 4.78 is 0. The molecule has 16 heavy (non-hydrogen) atoms. The highest BCUT2D eigenvalue weighted by Gasteiger charge is 2.44. The normalized spacial score (nSPS) is 19.8. The van der Waals surface area contributed by atoms with E-state index < -0.39 is 0 Å². The Kier molecular flexibility index (Phi) is 3.07. The molecule has 1 unspecified atom stereocenters. The van der Waals surface area contributed by atoms with Gasteiger partial charge in [0.1, 0.15) is 0 Å². The predicted octanol–water partition coefficient (Wildman–Crippen LogP) is 3.87. The second-order valence-electron chi connectivity index (χ2n) is 5.70. The first-order valence-corrected chi connectivity index (χ1v) is 6.34. The summed E-state index contributed by atoms with van der Waals surface area (Å²) in [6.45, 7) is 6.87. The molecular weight excluding hydrogens is 194 g/mol. The summed E-state index contributed by atoms with van der Waals surface area (Å²) in [7, 11) is 2.07. The van der Waals surface area contributed by atoms with Crippen LogP contribution < -0.4 is 5.32 Å². The Morgan fingerprint density at radius 3 is 1.94 bits per heavy atom. The van der Waals surface area contributed by atoms with E-state index in [2.05, 4.69) is 57.4 Å². The lowest BCUT2D eigenvalue weighted by atomic mass is 9.90. The molecule has 0 amide bonds. The lowest BCUT2D eigenvalue weighted by Crippen LogP contribution is -2.24. The molecule has 1 aromatic rings. The summed E-state index contributed by atoms with van der Waals surface area (Å²) in [6, 6.07) is 9.65. The van der Waals surface area contributed by atoms with Crippen LogP contribution in [0.3, 0.4) is 0 Å². The van der Waals surface area contributed by atoms with Gasteiger partial charge >= 0.3 is 0 Å². The fourth-order valence-corrected chi connectivity index (χ4v) is 2.48. The first-order chi connectivity index (χ1) is 7.57.